The van der Waals surface area contributed by atoms with Crippen LogP contribution in [-0.4, -0.2) is 6.08 Å². The molecule has 0 radical (unpaired) electrons. The van der Waals surface area contributed by atoms with Crippen LogP contribution >= 0.6 is 0 Å². The Labute approximate surface area is 53.6 Å². The molecule has 9 heavy (non-hydrogen) atoms. The first-order chi connectivity index (χ1) is 4.16. The molecule has 0 rings (SSSR count). The highest BCUT2D eigenvalue weighted by Gasteiger charge is 1.81. The summed E-state index contributed by atoms with van der Waals surface area (Å²) in [6, 6.07) is 0. The van der Waals surface area contributed by atoms with Crippen LogP contribution in [0.2, 0.25) is 0 Å². The summed E-state index contributed by atoms with van der Waals surface area (Å²) >= 11 is 0. The van der Waals surface area contributed by atoms with Crippen LogP contribution < -0.4 is 5.73 Å². The molecule has 0 aromatic rings. The fourth-order valence-corrected chi connectivity index (χ4v) is 0.373. The zero-order chi connectivity index (χ0) is 7.28. The topological polar surface area (TPSA) is 55.4 Å². The second-order valence-electron chi connectivity index (χ2n) is 1.56. The number of hydrogen-bond acceptors (Lipinski definition) is 3. The highest BCUT2D eigenvalue weighted by atomic mass is 16.1. The van der Waals surface area contributed by atoms with E-state index in [0.29, 0.717) is 11.4 Å². The van der Waals surface area contributed by atoms with Crippen LogP contribution in [0.4, 0.5) is 0 Å². The fraction of sp³-hybridized carbons (Fsp3) is 0.167. The quantitative estimate of drug-likeness (QED) is 0.334. The van der Waals surface area contributed by atoms with Gasteiger partial charge in [-0.1, -0.05) is 6.58 Å². The van der Waals surface area contributed by atoms with Gasteiger partial charge in [0.1, 0.15) is 0 Å². The van der Waals surface area contributed by atoms with E-state index in [0.717, 1.165) is 0 Å². The number of allylic oxidation sites excluding steroid dienone is 2. The molecule has 0 aliphatic rings. The summed E-state index contributed by atoms with van der Waals surface area (Å²) in [7, 11) is 0. The predicted molar refractivity (Wildman–Crippen MR) is 35.2 cm³/mol. The van der Waals surface area contributed by atoms with Crippen LogP contribution in [0, 0.1) is 0 Å². The largest absolute Gasteiger partial charge is 0.399 e. The first kappa shape index (κ1) is 7.66. The lowest BCUT2D eigenvalue weighted by Gasteiger charge is -1.86. The molecule has 0 aromatic carbocycles. The first-order valence-corrected chi connectivity index (χ1v) is 2.37. The van der Waals surface area contributed by atoms with Gasteiger partial charge >= 0.3 is 0 Å². The van der Waals surface area contributed by atoms with Crippen LogP contribution in [0.3, 0.4) is 0 Å². The minimum Gasteiger partial charge on any atom is -0.399 e. The van der Waals surface area contributed by atoms with E-state index in [1.807, 2.05) is 0 Å². The minimum atomic E-state index is 0.381. The van der Waals surface area contributed by atoms with Gasteiger partial charge in [0.15, 0.2) is 0 Å². The third-order valence-electron chi connectivity index (χ3n) is 0.616. The van der Waals surface area contributed by atoms with Crippen molar-refractivity contribution in [2.75, 3.05) is 0 Å². The van der Waals surface area contributed by atoms with E-state index >= 15 is 0 Å². The summed E-state index contributed by atoms with van der Waals surface area (Å²) in [5, 5.41) is 0. The van der Waals surface area contributed by atoms with Crippen molar-refractivity contribution in [1.82, 2.24) is 0 Å². The molecular weight excluding hydrogens is 116 g/mol. The average Bonchev–Trinajstić information content (AvgIpc) is 1.63. The van der Waals surface area contributed by atoms with Crippen LogP contribution in [0.1, 0.15) is 6.92 Å². The van der Waals surface area contributed by atoms with Gasteiger partial charge in [0.25, 0.3) is 0 Å². The van der Waals surface area contributed by atoms with Gasteiger partial charge in [0, 0.05) is 5.70 Å². The SMILES string of the molecule is C=C(N)/C=C(\C)N=C=O. The zero-order valence-electron chi connectivity index (χ0n) is 5.22. The van der Waals surface area contributed by atoms with Crippen molar-refractivity contribution in [3.05, 3.63) is 24.0 Å². The highest BCUT2D eigenvalue weighted by Crippen LogP contribution is 1.94. The van der Waals surface area contributed by atoms with E-state index in [1.165, 1.54) is 12.2 Å². The third kappa shape index (κ3) is 4.51. The molecule has 0 atom stereocenters. The lowest BCUT2D eigenvalue weighted by Crippen LogP contribution is -1.89. The molecule has 0 saturated carbocycles. The average molecular weight is 124 g/mol. The molecule has 0 unspecified atom stereocenters. The molecule has 3 nitrogen and oxygen atoms in total. The minimum absolute atomic E-state index is 0.381. The van der Waals surface area contributed by atoms with E-state index in [1.54, 1.807) is 6.92 Å². The van der Waals surface area contributed by atoms with Crippen LogP contribution in [-0.2, 0) is 4.79 Å². The first-order valence-electron chi connectivity index (χ1n) is 2.37. The monoisotopic (exact) mass is 124 g/mol. The lowest BCUT2D eigenvalue weighted by molar-refractivity contribution is 0.564. The standard InChI is InChI=1S/C6H8N2O/c1-5(7)3-6(2)8-4-9/h3H,1,7H2,2H3/b6-3+. The third-order valence-corrected chi connectivity index (χ3v) is 0.616. The van der Waals surface area contributed by atoms with Gasteiger partial charge in [-0.15, -0.1) is 0 Å². The number of nitrogens with zero attached hydrogens (tertiary/aromatic N) is 1. The highest BCUT2D eigenvalue weighted by molar-refractivity contribution is 5.37. The zero-order valence-corrected chi connectivity index (χ0v) is 5.22. The number of aliphatic imine (C=N–C) groups is 1. The Hall–Kier alpha value is -1.34. The molecular formula is C6H8N2O. The number of rotatable bonds is 2. The fourth-order valence-electron chi connectivity index (χ4n) is 0.373. The maximum absolute atomic E-state index is 9.59. The summed E-state index contributed by atoms with van der Waals surface area (Å²) in [6.45, 7) is 5.03. The summed E-state index contributed by atoms with van der Waals surface area (Å²) in [5.41, 5.74) is 6.06. The molecule has 0 fully saturated rings. The molecule has 3 heteroatoms. The summed E-state index contributed by atoms with van der Waals surface area (Å²) in [5.74, 6) is 0. The van der Waals surface area contributed by atoms with Gasteiger partial charge in [-0.25, -0.2) is 4.79 Å². The maximum atomic E-state index is 9.59. The van der Waals surface area contributed by atoms with Crippen molar-refractivity contribution < 1.29 is 4.79 Å². The molecule has 0 bridgehead atoms. The smallest absolute Gasteiger partial charge is 0.240 e. The number of hydrogen-bond donors (Lipinski definition) is 1. The van der Waals surface area contributed by atoms with Crippen LogP contribution in [0.25, 0.3) is 0 Å². The molecule has 0 heterocycles. The van der Waals surface area contributed by atoms with Crippen molar-refractivity contribution in [3.8, 4) is 0 Å². The number of isocyanates is 1. The molecule has 0 amide bonds. The molecule has 0 spiro atoms. The molecule has 0 aromatic heterocycles. The lowest BCUT2D eigenvalue weighted by atomic mass is 10.4. The van der Waals surface area contributed by atoms with E-state index in [9.17, 15) is 4.79 Å². The van der Waals surface area contributed by atoms with E-state index in [2.05, 4.69) is 11.6 Å². The molecule has 0 aliphatic heterocycles. The van der Waals surface area contributed by atoms with E-state index < -0.39 is 0 Å². The Morgan fingerprint density at radius 3 is 2.78 bits per heavy atom. The Morgan fingerprint density at radius 2 is 2.44 bits per heavy atom. The number of nitrogens with two attached hydrogens (primary N) is 1. The van der Waals surface area contributed by atoms with Gasteiger partial charge in [0.05, 0.1) is 5.70 Å². The molecule has 0 saturated heterocycles. The van der Waals surface area contributed by atoms with Crippen LogP contribution in [0.15, 0.2) is 29.0 Å². The summed E-state index contributed by atoms with van der Waals surface area (Å²) in [6.07, 6.45) is 2.87. The van der Waals surface area contributed by atoms with E-state index in [4.69, 9.17) is 5.73 Å². The molecule has 0 aliphatic carbocycles. The second kappa shape index (κ2) is 3.64. The predicted octanol–water partition coefficient (Wildman–Crippen LogP) is 0.698. The van der Waals surface area contributed by atoms with Gasteiger partial charge in [-0.2, -0.15) is 4.99 Å². The Bertz CT molecular complexity index is 187. The Balaban J connectivity index is 4.16. The molecule has 48 valence electrons. The molecule has 2 N–H and O–H groups in total. The summed E-state index contributed by atoms with van der Waals surface area (Å²) in [4.78, 5) is 12.9. The van der Waals surface area contributed by atoms with Crippen LogP contribution in [0.5, 0.6) is 0 Å². The van der Waals surface area contributed by atoms with Crippen molar-refractivity contribution >= 4 is 6.08 Å². The van der Waals surface area contributed by atoms with Gasteiger partial charge in [-0.3, -0.25) is 0 Å². The normalized spacial score (nSPS) is 10.1. The second-order valence-corrected chi connectivity index (χ2v) is 1.56. The van der Waals surface area contributed by atoms with Gasteiger partial charge in [-0.05, 0) is 13.0 Å². The number of carbonyl (C=O) groups excluding carboxylic acids is 1. The summed E-state index contributed by atoms with van der Waals surface area (Å²) < 4.78 is 0. The van der Waals surface area contributed by atoms with Crippen molar-refractivity contribution in [3.63, 3.8) is 0 Å². The van der Waals surface area contributed by atoms with Crippen molar-refractivity contribution in [2.45, 2.75) is 6.92 Å². The Kier molecular flexibility index (Phi) is 3.09. The van der Waals surface area contributed by atoms with Gasteiger partial charge < -0.3 is 5.73 Å². The maximum Gasteiger partial charge on any atom is 0.240 e. The van der Waals surface area contributed by atoms with Crippen molar-refractivity contribution in [2.24, 2.45) is 10.7 Å². The van der Waals surface area contributed by atoms with Crippen molar-refractivity contribution in [1.29, 1.82) is 0 Å². The Morgan fingerprint density at radius 1 is 1.89 bits per heavy atom. The van der Waals surface area contributed by atoms with Gasteiger partial charge in [0.2, 0.25) is 6.08 Å². The van der Waals surface area contributed by atoms with E-state index in [-0.39, 0.29) is 0 Å².